The van der Waals surface area contributed by atoms with Crippen molar-refractivity contribution in [3.05, 3.63) is 30.2 Å². The van der Waals surface area contributed by atoms with Crippen molar-refractivity contribution < 1.29 is 4.42 Å². The minimum Gasteiger partial charge on any atom is -0.465 e. The molecule has 0 amide bonds. The molecule has 174 valence electrons. The van der Waals surface area contributed by atoms with E-state index in [2.05, 4.69) is 55.1 Å². The summed E-state index contributed by atoms with van der Waals surface area (Å²) in [6.45, 7) is 2.30. The number of allylic oxidation sites excluding steroid dienone is 1. The van der Waals surface area contributed by atoms with Gasteiger partial charge in [0.1, 0.15) is 5.76 Å². The summed E-state index contributed by atoms with van der Waals surface area (Å²) in [5.74, 6) is 0.967. The predicted octanol–water partition coefficient (Wildman–Crippen LogP) is 10.0. The molecule has 0 bridgehead atoms. The van der Waals surface area contributed by atoms with E-state index in [1.54, 1.807) is 6.26 Å². The van der Waals surface area contributed by atoms with Gasteiger partial charge in [-0.2, -0.15) is 23.5 Å². The van der Waals surface area contributed by atoms with Crippen molar-refractivity contribution in [2.24, 2.45) is 0 Å². The van der Waals surface area contributed by atoms with E-state index in [0.717, 1.165) is 16.3 Å². The molecule has 1 nitrogen and oxygen atoms in total. The van der Waals surface area contributed by atoms with E-state index in [1.807, 2.05) is 12.1 Å². The van der Waals surface area contributed by atoms with Crippen molar-refractivity contribution in [1.82, 2.24) is 0 Å². The monoisotopic (exact) mass is 452 g/mol. The Morgan fingerprint density at radius 3 is 1.80 bits per heavy atom. The maximum absolute atomic E-state index is 5.31. The first-order valence-corrected chi connectivity index (χ1v) is 15.1. The first-order valence-electron chi connectivity index (χ1n) is 12.6. The Kier molecular flexibility index (Phi) is 19.1. The van der Waals surface area contributed by atoms with Crippen molar-refractivity contribution in [3.8, 4) is 0 Å². The second-order valence-electron chi connectivity index (χ2n) is 8.57. The molecule has 0 spiro atoms. The minimum absolute atomic E-state index is 0.858. The molecule has 0 saturated carbocycles. The van der Waals surface area contributed by atoms with Gasteiger partial charge in [0.05, 0.1) is 6.26 Å². The highest BCUT2D eigenvalue weighted by Gasteiger charge is 2.18. The van der Waals surface area contributed by atoms with E-state index in [4.69, 9.17) is 4.42 Å². The maximum atomic E-state index is 5.31. The van der Waals surface area contributed by atoms with Gasteiger partial charge in [-0.1, -0.05) is 90.0 Å². The van der Waals surface area contributed by atoms with E-state index in [1.165, 1.54) is 103 Å². The number of rotatable bonds is 21. The summed E-state index contributed by atoms with van der Waals surface area (Å²) < 4.78 is 5.31. The summed E-state index contributed by atoms with van der Waals surface area (Å²) in [6.07, 6.45) is 33.0. The number of hydrogen-bond donors (Lipinski definition) is 0. The van der Waals surface area contributed by atoms with Crippen molar-refractivity contribution in [2.75, 3.05) is 12.5 Å². The fourth-order valence-electron chi connectivity index (χ4n) is 4.11. The summed E-state index contributed by atoms with van der Waals surface area (Å²) in [7, 11) is 0. The maximum Gasteiger partial charge on any atom is 0.126 e. The molecule has 2 unspecified atom stereocenters. The van der Waals surface area contributed by atoms with Crippen LogP contribution in [-0.2, 0) is 0 Å². The average Bonchev–Trinajstić information content (AvgIpc) is 3.28. The first-order chi connectivity index (χ1) is 14.8. The Bertz CT molecular complexity index is 483. The lowest BCUT2D eigenvalue weighted by atomic mass is 10.0. The lowest BCUT2D eigenvalue weighted by Gasteiger charge is -2.24. The van der Waals surface area contributed by atoms with Crippen LogP contribution in [0.5, 0.6) is 0 Å². The number of unbranched alkanes of at least 4 members (excludes halogenated alkanes) is 12. The van der Waals surface area contributed by atoms with Crippen molar-refractivity contribution >= 4 is 29.6 Å². The molecule has 2 atom stereocenters. The normalized spacial score (nSPS) is 13.8. The molecule has 0 aliphatic carbocycles. The molecule has 1 rings (SSSR count). The number of hydrogen-bond acceptors (Lipinski definition) is 3. The molecule has 0 N–H and O–H groups in total. The third kappa shape index (κ3) is 14.7. The SMILES string of the molecule is CCCCCCCCC(SC)C(CCCCCCCCC/C=C/c1ccco1)SC. The van der Waals surface area contributed by atoms with Gasteiger partial charge in [-0.25, -0.2) is 0 Å². The van der Waals surface area contributed by atoms with Gasteiger partial charge < -0.3 is 4.42 Å². The van der Waals surface area contributed by atoms with Crippen LogP contribution in [0.4, 0.5) is 0 Å². The van der Waals surface area contributed by atoms with E-state index < -0.39 is 0 Å². The minimum atomic E-state index is 0.858. The molecule has 1 aromatic heterocycles. The van der Waals surface area contributed by atoms with E-state index in [0.29, 0.717) is 0 Å². The van der Waals surface area contributed by atoms with Gasteiger partial charge in [0.15, 0.2) is 0 Å². The van der Waals surface area contributed by atoms with Gasteiger partial charge in [-0.15, -0.1) is 0 Å². The van der Waals surface area contributed by atoms with Gasteiger partial charge in [-0.05, 0) is 56.4 Å². The quantitative estimate of drug-likeness (QED) is 0.172. The van der Waals surface area contributed by atoms with E-state index in [-0.39, 0.29) is 0 Å². The van der Waals surface area contributed by atoms with E-state index in [9.17, 15) is 0 Å². The van der Waals surface area contributed by atoms with Crippen LogP contribution in [0.2, 0.25) is 0 Å². The third-order valence-corrected chi connectivity index (χ3v) is 8.56. The molecule has 3 heteroatoms. The Morgan fingerprint density at radius 2 is 1.30 bits per heavy atom. The van der Waals surface area contributed by atoms with Gasteiger partial charge in [-0.3, -0.25) is 0 Å². The zero-order chi connectivity index (χ0) is 21.7. The Balaban J connectivity index is 1.97. The van der Waals surface area contributed by atoms with Gasteiger partial charge in [0.2, 0.25) is 0 Å². The lowest BCUT2D eigenvalue weighted by molar-refractivity contribution is 0.540. The Morgan fingerprint density at radius 1 is 0.767 bits per heavy atom. The molecule has 0 aromatic carbocycles. The first kappa shape index (κ1) is 27.8. The fraction of sp³-hybridized carbons (Fsp3) is 0.778. The summed E-state index contributed by atoms with van der Waals surface area (Å²) in [6, 6.07) is 3.95. The van der Waals surface area contributed by atoms with Crippen LogP contribution in [0.25, 0.3) is 6.08 Å². The van der Waals surface area contributed by atoms with Gasteiger partial charge in [0, 0.05) is 10.5 Å². The topological polar surface area (TPSA) is 13.1 Å². The standard InChI is InChI=1S/C27H48OS2/c1-4-5-6-7-14-17-22-26(29-2)27(30-3)23-18-15-12-10-8-9-11-13-16-20-25-21-19-24-28-25/h16,19-21,24,26-27H,4-15,17-18,22-23H2,1-3H3/b20-16+. The molecule has 0 aliphatic heterocycles. The molecule has 30 heavy (non-hydrogen) atoms. The average molecular weight is 453 g/mol. The highest BCUT2D eigenvalue weighted by Crippen LogP contribution is 2.30. The molecule has 0 saturated heterocycles. The largest absolute Gasteiger partial charge is 0.465 e. The number of thioether (sulfide) groups is 2. The van der Waals surface area contributed by atoms with Crippen LogP contribution in [0, 0.1) is 0 Å². The molecule has 1 aromatic rings. The zero-order valence-corrected chi connectivity index (χ0v) is 21.7. The van der Waals surface area contributed by atoms with Gasteiger partial charge >= 0.3 is 0 Å². The second-order valence-corrected chi connectivity index (χ2v) is 10.7. The van der Waals surface area contributed by atoms with E-state index >= 15 is 0 Å². The van der Waals surface area contributed by atoms with Crippen molar-refractivity contribution in [3.63, 3.8) is 0 Å². The molecule has 0 aliphatic rings. The van der Waals surface area contributed by atoms with Crippen LogP contribution in [-0.4, -0.2) is 23.0 Å². The van der Waals surface area contributed by atoms with Crippen molar-refractivity contribution in [2.45, 2.75) is 120 Å². The van der Waals surface area contributed by atoms with Crippen LogP contribution >= 0.6 is 23.5 Å². The van der Waals surface area contributed by atoms with Crippen LogP contribution < -0.4 is 0 Å². The van der Waals surface area contributed by atoms with Crippen LogP contribution in [0.15, 0.2) is 28.9 Å². The smallest absolute Gasteiger partial charge is 0.126 e. The summed E-state index contributed by atoms with van der Waals surface area (Å²) in [4.78, 5) is 0. The lowest BCUT2D eigenvalue weighted by Crippen LogP contribution is -2.19. The highest BCUT2D eigenvalue weighted by atomic mass is 32.2. The molecule has 0 fully saturated rings. The summed E-state index contributed by atoms with van der Waals surface area (Å²) >= 11 is 4.24. The van der Waals surface area contributed by atoms with Crippen LogP contribution in [0.1, 0.15) is 115 Å². The summed E-state index contributed by atoms with van der Waals surface area (Å²) in [5.41, 5.74) is 0. The molecule has 0 radical (unpaired) electrons. The highest BCUT2D eigenvalue weighted by molar-refractivity contribution is 8.03. The summed E-state index contributed by atoms with van der Waals surface area (Å²) in [5, 5.41) is 1.72. The second kappa shape index (κ2) is 20.6. The molecule has 1 heterocycles. The van der Waals surface area contributed by atoms with Crippen LogP contribution in [0.3, 0.4) is 0 Å². The zero-order valence-electron chi connectivity index (χ0n) is 20.1. The predicted molar refractivity (Wildman–Crippen MR) is 142 cm³/mol. The number of furan rings is 1. The third-order valence-electron chi connectivity index (χ3n) is 6.05. The Labute approximate surface area is 196 Å². The van der Waals surface area contributed by atoms with Crippen molar-refractivity contribution in [1.29, 1.82) is 0 Å². The Hall–Kier alpha value is -0.280. The molecular formula is C27H48OS2. The fourth-order valence-corrected chi connectivity index (χ4v) is 6.46. The van der Waals surface area contributed by atoms with Gasteiger partial charge in [0.25, 0.3) is 0 Å². The molecular weight excluding hydrogens is 404 g/mol.